The van der Waals surface area contributed by atoms with Crippen molar-refractivity contribution >= 4 is 17.8 Å². The first-order chi connectivity index (χ1) is 12.5. The van der Waals surface area contributed by atoms with E-state index < -0.39 is 5.97 Å². The Labute approximate surface area is 151 Å². The molecule has 26 heavy (non-hydrogen) atoms. The van der Waals surface area contributed by atoms with Crippen LogP contribution in [0.15, 0.2) is 18.2 Å². The first-order valence-corrected chi connectivity index (χ1v) is 8.45. The number of amides is 2. The summed E-state index contributed by atoms with van der Waals surface area (Å²) in [6, 6.07) is 5.53. The minimum Gasteiger partial charge on any atom is -0.497 e. The number of esters is 1. The van der Waals surface area contributed by atoms with Crippen LogP contribution in [0.1, 0.15) is 5.56 Å². The predicted octanol–water partition coefficient (Wildman–Crippen LogP) is 0.0901. The molecular weight excluding hydrogens is 340 g/mol. The Morgan fingerprint density at radius 2 is 2.08 bits per heavy atom. The summed E-state index contributed by atoms with van der Waals surface area (Å²) in [7, 11) is 2.87. The second kappa shape index (κ2) is 7.63. The zero-order valence-corrected chi connectivity index (χ0v) is 14.9. The molecule has 0 aliphatic carbocycles. The number of rotatable bonds is 4. The van der Waals surface area contributed by atoms with Gasteiger partial charge in [0.25, 0.3) is 0 Å². The van der Waals surface area contributed by atoms with Gasteiger partial charge in [0.2, 0.25) is 11.8 Å². The highest BCUT2D eigenvalue weighted by Gasteiger charge is 2.34. The summed E-state index contributed by atoms with van der Waals surface area (Å²) in [6.45, 7) is 0.879. The van der Waals surface area contributed by atoms with E-state index in [1.54, 1.807) is 7.11 Å². The van der Waals surface area contributed by atoms with Crippen molar-refractivity contribution < 1.29 is 28.6 Å². The minimum absolute atomic E-state index is 0.0305. The number of methoxy groups -OCH3 is 2. The number of carbonyl (C=O) groups excluding carboxylic acids is 3. The second-order valence-corrected chi connectivity index (χ2v) is 6.34. The summed E-state index contributed by atoms with van der Waals surface area (Å²) in [5.74, 6) is 0.304. The predicted molar refractivity (Wildman–Crippen MR) is 90.9 cm³/mol. The maximum atomic E-state index is 12.8. The molecule has 1 aromatic rings. The third-order valence-corrected chi connectivity index (χ3v) is 4.70. The average Bonchev–Trinajstić information content (AvgIpc) is 2.67. The molecule has 0 aromatic heterocycles. The fourth-order valence-corrected chi connectivity index (χ4v) is 3.20. The van der Waals surface area contributed by atoms with Gasteiger partial charge in [0.1, 0.15) is 24.7 Å². The molecule has 0 N–H and O–H groups in total. The van der Waals surface area contributed by atoms with E-state index in [-0.39, 0.29) is 37.4 Å². The van der Waals surface area contributed by atoms with Crippen LogP contribution in [0.4, 0.5) is 0 Å². The molecule has 1 atom stereocenters. The lowest BCUT2D eigenvalue weighted by atomic mass is 9.95. The number of piperazine rings is 1. The molecule has 2 aliphatic heterocycles. The first kappa shape index (κ1) is 18.0. The van der Waals surface area contributed by atoms with Gasteiger partial charge in [-0.25, -0.2) is 0 Å². The van der Waals surface area contributed by atoms with E-state index in [1.807, 2.05) is 18.2 Å². The molecule has 2 heterocycles. The molecule has 0 spiro atoms. The third-order valence-electron chi connectivity index (χ3n) is 4.70. The zero-order chi connectivity index (χ0) is 18.7. The molecule has 8 heteroatoms. The third kappa shape index (κ3) is 3.74. The van der Waals surface area contributed by atoms with E-state index in [9.17, 15) is 14.4 Å². The SMILES string of the molecule is COC(=O)CN1CCN(C(=O)C2COc3ccc(OC)cc3C2)CC1=O. The molecule has 140 valence electrons. The molecule has 0 radical (unpaired) electrons. The van der Waals surface area contributed by atoms with Gasteiger partial charge < -0.3 is 24.0 Å². The van der Waals surface area contributed by atoms with Gasteiger partial charge in [0.15, 0.2) is 0 Å². The smallest absolute Gasteiger partial charge is 0.325 e. The van der Waals surface area contributed by atoms with Gasteiger partial charge >= 0.3 is 5.97 Å². The molecule has 0 saturated carbocycles. The number of carbonyl (C=O) groups is 3. The van der Waals surface area contributed by atoms with Gasteiger partial charge in [-0.05, 0) is 30.2 Å². The quantitative estimate of drug-likeness (QED) is 0.706. The Kier molecular flexibility index (Phi) is 5.29. The summed E-state index contributed by atoms with van der Waals surface area (Å²) in [6.07, 6.45) is 0.544. The number of hydrogen-bond acceptors (Lipinski definition) is 6. The highest BCUT2D eigenvalue weighted by atomic mass is 16.5. The standard InChI is InChI=1S/C18H22N2O6/c1-24-14-3-4-15-12(8-14)7-13(11-26-15)18(23)20-6-5-19(16(21)9-20)10-17(22)25-2/h3-4,8,13H,5-7,9-11H2,1-2H3. The normalized spacial score (nSPS) is 19.5. The summed E-state index contributed by atoms with van der Waals surface area (Å²) < 4.78 is 15.5. The first-order valence-electron chi connectivity index (χ1n) is 8.45. The highest BCUT2D eigenvalue weighted by Crippen LogP contribution is 2.31. The van der Waals surface area contributed by atoms with Crippen LogP contribution >= 0.6 is 0 Å². The molecule has 1 saturated heterocycles. The summed E-state index contributed by atoms with van der Waals surface area (Å²) in [4.78, 5) is 39.3. The molecular formula is C18H22N2O6. The monoisotopic (exact) mass is 362 g/mol. The number of ether oxygens (including phenoxy) is 3. The van der Waals surface area contributed by atoms with E-state index in [0.29, 0.717) is 25.3 Å². The fraction of sp³-hybridized carbons (Fsp3) is 0.500. The maximum Gasteiger partial charge on any atom is 0.325 e. The molecule has 0 bridgehead atoms. The molecule has 8 nitrogen and oxygen atoms in total. The lowest BCUT2D eigenvalue weighted by molar-refractivity contribution is -0.153. The van der Waals surface area contributed by atoms with Gasteiger partial charge in [0.05, 0.1) is 26.7 Å². The van der Waals surface area contributed by atoms with Crippen molar-refractivity contribution in [3.63, 3.8) is 0 Å². The van der Waals surface area contributed by atoms with Gasteiger partial charge in [0, 0.05) is 13.1 Å². The van der Waals surface area contributed by atoms with Crippen LogP contribution < -0.4 is 9.47 Å². The second-order valence-electron chi connectivity index (χ2n) is 6.34. The van der Waals surface area contributed by atoms with Crippen LogP contribution in [0.25, 0.3) is 0 Å². The van der Waals surface area contributed by atoms with Crippen LogP contribution in [0.2, 0.25) is 0 Å². The van der Waals surface area contributed by atoms with E-state index in [4.69, 9.17) is 9.47 Å². The summed E-state index contributed by atoms with van der Waals surface area (Å²) >= 11 is 0. The van der Waals surface area contributed by atoms with Crippen molar-refractivity contribution in [2.24, 2.45) is 5.92 Å². The number of benzene rings is 1. The molecule has 1 unspecified atom stereocenters. The summed E-state index contributed by atoms with van der Waals surface area (Å²) in [5, 5.41) is 0. The number of hydrogen-bond donors (Lipinski definition) is 0. The number of fused-ring (bicyclic) bond motifs is 1. The Bertz CT molecular complexity index is 720. The molecule has 1 aromatic carbocycles. The lowest BCUT2D eigenvalue weighted by Gasteiger charge is -2.36. The molecule has 1 fully saturated rings. The Balaban J connectivity index is 1.62. The van der Waals surface area contributed by atoms with E-state index in [0.717, 1.165) is 11.3 Å². The Morgan fingerprint density at radius 3 is 2.77 bits per heavy atom. The van der Waals surface area contributed by atoms with Crippen molar-refractivity contribution in [2.75, 3.05) is 47.0 Å². The van der Waals surface area contributed by atoms with Crippen molar-refractivity contribution in [1.29, 1.82) is 0 Å². The molecule has 3 rings (SSSR count). The van der Waals surface area contributed by atoms with Crippen LogP contribution in [0.5, 0.6) is 11.5 Å². The van der Waals surface area contributed by atoms with E-state index in [1.165, 1.54) is 16.9 Å². The largest absolute Gasteiger partial charge is 0.497 e. The van der Waals surface area contributed by atoms with E-state index >= 15 is 0 Å². The Hall–Kier alpha value is -2.77. The van der Waals surface area contributed by atoms with E-state index in [2.05, 4.69) is 4.74 Å². The van der Waals surface area contributed by atoms with Crippen molar-refractivity contribution in [2.45, 2.75) is 6.42 Å². The van der Waals surface area contributed by atoms with Gasteiger partial charge in [-0.1, -0.05) is 0 Å². The number of nitrogens with zero attached hydrogens (tertiary/aromatic N) is 2. The summed E-state index contributed by atoms with van der Waals surface area (Å²) in [5.41, 5.74) is 0.921. The van der Waals surface area contributed by atoms with Crippen molar-refractivity contribution in [1.82, 2.24) is 9.80 Å². The highest BCUT2D eigenvalue weighted by molar-refractivity contribution is 5.89. The molecule has 2 aliphatic rings. The van der Waals surface area contributed by atoms with Gasteiger partial charge in [-0.3, -0.25) is 14.4 Å². The maximum absolute atomic E-state index is 12.8. The zero-order valence-electron chi connectivity index (χ0n) is 14.9. The molecule has 2 amide bonds. The lowest BCUT2D eigenvalue weighted by Crippen LogP contribution is -2.55. The topological polar surface area (TPSA) is 85.4 Å². The van der Waals surface area contributed by atoms with Crippen LogP contribution in [0.3, 0.4) is 0 Å². The van der Waals surface area contributed by atoms with Crippen molar-refractivity contribution in [3.8, 4) is 11.5 Å². The minimum atomic E-state index is -0.468. The van der Waals surface area contributed by atoms with Crippen molar-refractivity contribution in [3.05, 3.63) is 23.8 Å². The van der Waals surface area contributed by atoms with Crippen LogP contribution in [0, 0.1) is 5.92 Å². The average molecular weight is 362 g/mol. The fourth-order valence-electron chi connectivity index (χ4n) is 3.20. The Morgan fingerprint density at radius 1 is 1.27 bits per heavy atom. The van der Waals surface area contributed by atoms with Crippen LogP contribution in [-0.4, -0.2) is 74.6 Å². The van der Waals surface area contributed by atoms with Crippen LogP contribution in [-0.2, 0) is 25.5 Å². The van der Waals surface area contributed by atoms with Gasteiger partial charge in [-0.15, -0.1) is 0 Å². The van der Waals surface area contributed by atoms with Gasteiger partial charge in [-0.2, -0.15) is 0 Å².